The second kappa shape index (κ2) is 5.64. The van der Waals surface area contributed by atoms with E-state index in [2.05, 4.69) is 9.97 Å². The van der Waals surface area contributed by atoms with Crippen LogP contribution >= 0.6 is 11.8 Å². The molecule has 0 fully saturated rings. The Morgan fingerprint density at radius 3 is 2.59 bits per heavy atom. The molecule has 0 amide bonds. The molecule has 0 aliphatic rings. The highest BCUT2D eigenvalue weighted by molar-refractivity contribution is 7.98. The highest BCUT2D eigenvalue weighted by atomic mass is 32.2. The van der Waals surface area contributed by atoms with E-state index in [1.165, 1.54) is 11.8 Å². The molecule has 3 aromatic rings. The topological polar surface area (TPSA) is 30.7 Å². The lowest BCUT2D eigenvalue weighted by molar-refractivity contribution is -0.137. The Hall–Kier alpha value is -2.02. The van der Waals surface area contributed by atoms with E-state index in [9.17, 15) is 13.2 Å². The van der Waals surface area contributed by atoms with Gasteiger partial charge in [-0.05, 0) is 11.6 Å². The van der Waals surface area contributed by atoms with Crippen molar-refractivity contribution in [2.45, 2.75) is 17.1 Å². The van der Waals surface area contributed by atoms with Crippen LogP contribution < -0.4 is 0 Å². The van der Waals surface area contributed by atoms with Crippen LogP contribution in [-0.2, 0) is 19.0 Å². The Labute approximate surface area is 129 Å². The summed E-state index contributed by atoms with van der Waals surface area (Å²) in [6, 6.07) is 10.9. The molecule has 0 atom stereocenters. The number of imidazole rings is 1. The molecular weight excluding hydrogens is 311 g/mol. The van der Waals surface area contributed by atoms with Gasteiger partial charge in [-0.3, -0.25) is 0 Å². The number of hydrogen-bond donors (Lipinski definition) is 0. The Balaban J connectivity index is 1.89. The first kappa shape index (κ1) is 14.9. The quantitative estimate of drug-likeness (QED) is 0.674. The van der Waals surface area contributed by atoms with E-state index in [4.69, 9.17) is 0 Å². The predicted octanol–water partition coefficient (Wildman–Crippen LogP) is 4.28. The number of pyridine rings is 1. The summed E-state index contributed by atoms with van der Waals surface area (Å²) in [6.45, 7) is 0. The molecule has 0 saturated heterocycles. The molecule has 1 aromatic carbocycles. The molecule has 0 saturated carbocycles. The maximum Gasteiger partial charge on any atom is 0.417 e. The van der Waals surface area contributed by atoms with Gasteiger partial charge in [0.2, 0.25) is 0 Å². The van der Waals surface area contributed by atoms with Gasteiger partial charge in [0.05, 0.1) is 5.56 Å². The van der Waals surface area contributed by atoms with E-state index in [1.807, 2.05) is 30.3 Å². The lowest BCUT2D eigenvalue weighted by Crippen LogP contribution is -2.05. The molecule has 3 nitrogen and oxygen atoms in total. The van der Waals surface area contributed by atoms with Crippen molar-refractivity contribution in [3.8, 4) is 0 Å². The highest BCUT2D eigenvalue weighted by Gasteiger charge is 2.31. The smallest absolute Gasteiger partial charge is 0.307 e. The van der Waals surface area contributed by atoms with Crippen molar-refractivity contribution in [1.29, 1.82) is 0 Å². The van der Waals surface area contributed by atoms with E-state index in [0.29, 0.717) is 16.6 Å². The number of thioether (sulfide) groups is 1. The molecule has 2 aromatic heterocycles. The maximum absolute atomic E-state index is 12.7. The highest BCUT2D eigenvalue weighted by Crippen LogP contribution is 2.31. The van der Waals surface area contributed by atoms with Crippen LogP contribution in [0.4, 0.5) is 13.2 Å². The van der Waals surface area contributed by atoms with Crippen LogP contribution in [0.2, 0.25) is 0 Å². The molecule has 0 radical (unpaired) electrons. The van der Waals surface area contributed by atoms with Crippen molar-refractivity contribution in [2.75, 3.05) is 0 Å². The van der Waals surface area contributed by atoms with Crippen molar-refractivity contribution in [1.82, 2.24) is 14.5 Å². The van der Waals surface area contributed by atoms with Crippen LogP contribution in [-0.4, -0.2) is 14.5 Å². The van der Waals surface area contributed by atoms with Crippen LogP contribution in [0.25, 0.3) is 11.2 Å². The number of benzene rings is 1. The number of aryl methyl sites for hydroxylation is 1. The predicted molar refractivity (Wildman–Crippen MR) is 79.5 cm³/mol. The van der Waals surface area contributed by atoms with E-state index >= 15 is 0 Å². The number of aromatic nitrogens is 3. The van der Waals surface area contributed by atoms with Crippen molar-refractivity contribution < 1.29 is 13.2 Å². The first-order valence-corrected chi connectivity index (χ1v) is 7.50. The molecule has 0 aliphatic carbocycles. The number of hydrogen-bond acceptors (Lipinski definition) is 3. The minimum atomic E-state index is -4.41. The number of nitrogens with zero attached hydrogens (tertiary/aromatic N) is 3. The van der Waals surface area contributed by atoms with Crippen molar-refractivity contribution in [3.05, 3.63) is 53.7 Å². The molecular formula is C15H12F3N3S. The van der Waals surface area contributed by atoms with Gasteiger partial charge >= 0.3 is 6.18 Å². The minimum absolute atomic E-state index is 0.257. The Bertz CT molecular complexity index is 797. The van der Waals surface area contributed by atoms with Gasteiger partial charge in [0, 0.05) is 19.0 Å². The molecule has 2 heterocycles. The van der Waals surface area contributed by atoms with Gasteiger partial charge in [0.25, 0.3) is 0 Å². The van der Waals surface area contributed by atoms with Gasteiger partial charge in [-0.1, -0.05) is 42.1 Å². The molecule has 0 N–H and O–H groups in total. The summed E-state index contributed by atoms with van der Waals surface area (Å²) >= 11 is 1.47. The van der Waals surface area contributed by atoms with Gasteiger partial charge in [0.1, 0.15) is 5.52 Å². The Morgan fingerprint density at radius 1 is 1.18 bits per heavy atom. The third-order valence-electron chi connectivity index (χ3n) is 3.21. The molecule has 0 spiro atoms. The second-order valence-electron chi connectivity index (χ2n) is 4.79. The zero-order valence-electron chi connectivity index (χ0n) is 11.6. The zero-order valence-corrected chi connectivity index (χ0v) is 12.4. The molecule has 0 aliphatic heterocycles. The molecule has 114 valence electrons. The van der Waals surface area contributed by atoms with E-state index in [-0.39, 0.29) is 5.52 Å². The summed E-state index contributed by atoms with van der Waals surface area (Å²) in [7, 11) is 1.75. The maximum atomic E-state index is 12.7. The lowest BCUT2D eigenvalue weighted by atomic mass is 10.2. The number of rotatable bonds is 3. The number of halogens is 3. The standard InChI is InChI=1S/C15H12F3N3S/c1-21-13-12(7-11(8-19-13)15(16,17)18)20-14(21)22-9-10-5-3-2-4-6-10/h2-8H,9H2,1H3. The first-order valence-electron chi connectivity index (χ1n) is 6.51. The average molecular weight is 323 g/mol. The molecule has 7 heteroatoms. The number of alkyl halides is 3. The van der Waals surface area contributed by atoms with Crippen LogP contribution in [0.5, 0.6) is 0 Å². The molecule has 0 unspecified atom stereocenters. The SMILES string of the molecule is Cn1c(SCc2ccccc2)nc2cc(C(F)(F)F)cnc21. The Morgan fingerprint density at radius 2 is 1.91 bits per heavy atom. The summed E-state index contributed by atoms with van der Waals surface area (Å²) in [5, 5.41) is 0.644. The van der Waals surface area contributed by atoms with Crippen molar-refractivity contribution in [2.24, 2.45) is 7.05 Å². The van der Waals surface area contributed by atoms with Gasteiger partial charge in [-0.15, -0.1) is 0 Å². The van der Waals surface area contributed by atoms with E-state index in [0.717, 1.165) is 17.8 Å². The largest absolute Gasteiger partial charge is 0.417 e. The molecule has 22 heavy (non-hydrogen) atoms. The van der Waals surface area contributed by atoms with Gasteiger partial charge in [-0.25, -0.2) is 9.97 Å². The summed E-state index contributed by atoms with van der Waals surface area (Å²) in [5.41, 5.74) is 1.05. The zero-order chi connectivity index (χ0) is 15.7. The van der Waals surface area contributed by atoms with Crippen molar-refractivity contribution >= 4 is 22.9 Å². The fourth-order valence-corrected chi connectivity index (χ4v) is 2.99. The lowest BCUT2D eigenvalue weighted by Gasteiger charge is -2.05. The monoisotopic (exact) mass is 323 g/mol. The fourth-order valence-electron chi connectivity index (χ4n) is 2.06. The normalized spacial score (nSPS) is 12.0. The van der Waals surface area contributed by atoms with Gasteiger partial charge in [-0.2, -0.15) is 13.2 Å². The van der Waals surface area contributed by atoms with E-state index in [1.54, 1.807) is 11.6 Å². The second-order valence-corrected chi connectivity index (χ2v) is 5.73. The van der Waals surface area contributed by atoms with Crippen LogP contribution in [0.15, 0.2) is 47.8 Å². The summed E-state index contributed by atoms with van der Waals surface area (Å²) < 4.78 is 39.8. The Kier molecular flexibility index (Phi) is 3.82. The first-order chi connectivity index (χ1) is 10.4. The minimum Gasteiger partial charge on any atom is -0.307 e. The molecule has 0 bridgehead atoms. The summed E-state index contributed by atoms with van der Waals surface area (Å²) in [4.78, 5) is 8.15. The third kappa shape index (κ3) is 2.94. The van der Waals surface area contributed by atoms with Crippen LogP contribution in [0, 0.1) is 0 Å². The summed E-state index contributed by atoms with van der Waals surface area (Å²) in [6.07, 6.45) is -3.56. The van der Waals surface area contributed by atoms with Gasteiger partial charge in [0.15, 0.2) is 10.8 Å². The molecule has 3 rings (SSSR count). The van der Waals surface area contributed by atoms with Crippen LogP contribution in [0.3, 0.4) is 0 Å². The third-order valence-corrected chi connectivity index (χ3v) is 4.31. The fraction of sp³-hybridized carbons (Fsp3) is 0.200. The summed E-state index contributed by atoms with van der Waals surface area (Å²) in [5.74, 6) is 0.699. The van der Waals surface area contributed by atoms with Crippen LogP contribution in [0.1, 0.15) is 11.1 Å². The number of fused-ring (bicyclic) bond motifs is 1. The van der Waals surface area contributed by atoms with E-state index < -0.39 is 11.7 Å². The van der Waals surface area contributed by atoms with Gasteiger partial charge < -0.3 is 4.57 Å². The average Bonchev–Trinajstić information content (AvgIpc) is 2.81. The van der Waals surface area contributed by atoms with Crippen molar-refractivity contribution in [3.63, 3.8) is 0 Å².